The summed E-state index contributed by atoms with van der Waals surface area (Å²) in [7, 11) is 0. The molecule has 1 rings (SSSR count). The number of likely N-dealkylation sites (N-methyl/N-ethyl adjacent to an activating group) is 1. The maximum absolute atomic E-state index is 6.31. The minimum atomic E-state index is 0.0410. The lowest BCUT2D eigenvalue weighted by Crippen LogP contribution is -2.52. The van der Waals surface area contributed by atoms with E-state index < -0.39 is 0 Å². The van der Waals surface area contributed by atoms with Gasteiger partial charge in [0.1, 0.15) is 0 Å². The Morgan fingerprint density at radius 2 is 1.79 bits per heavy atom. The SMILES string of the molecule is C=C(CC)CC(NCC)C1(OCC)CCCCCC1. The van der Waals surface area contributed by atoms with Crippen LogP contribution in [0.1, 0.15) is 72.1 Å². The van der Waals surface area contributed by atoms with E-state index in [4.69, 9.17) is 4.74 Å². The van der Waals surface area contributed by atoms with E-state index in [1.807, 2.05) is 0 Å². The van der Waals surface area contributed by atoms with Crippen molar-refractivity contribution in [3.63, 3.8) is 0 Å². The Hall–Kier alpha value is -0.340. The molecule has 1 atom stereocenters. The van der Waals surface area contributed by atoms with Gasteiger partial charge in [0.05, 0.1) is 5.60 Å². The Kier molecular flexibility index (Phi) is 7.70. The molecular formula is C17H33NO. The Balaban J connectivity index is 2.84. The van der Waals surface area contributed by atoms with Gasteiger partial charge in [0.15, 0.2) is 0 Å². The molecule has 0 heterocycles. The maximum Gasteiger partial charge on any atom is 0.0837 e. The molecule has 0 radical (unpaired) electrons. The second-order valence-electron chi connectivity index (χ2n) is 5.83. The smallest absolute Gasteiger partial charge is 0.0837 e. The lowest BCUT2D eigenvalue weighted by molar-refractivity contribution is -0.0764. The summed E-state index contributed by atoms with van der Waals surface area (Å²) in [6.45, 7) is 12.6. The van der Waals surface area contributed by atoms with Crippen molar-refractivity contribution in [1.29, 1.82) is 0 Å². The molecule has 0 aromatic heterocycles. The van der Waals surface area contributed by atoms with Crippen molar-refractivity contribution >= 4 is 0 Å². The molecule has 0 bridgehead atoms. The predicted molar refractivity (Wildman–Crippen MR) is 83.6 cm³/mol. The van der Waals surface area contributed by atoms with E-state index in [0.717, 1.165) is 26.0 Å². The number of rotatable bonds is 8. The van der Waals surface area contributed by atoms with Crippen LogP contribution in [-0.2, 0) is 4.74 Å². The molecule has 2 nitrogen and oxygen atoms in total. The van der Waals surface area contributed by atoms with Crippen molar-refractivity contribution in [3.8, 4) is 0 Å². The van der Waals surface area contributed by atoms with E-state index >= 15 is 0 Å². The zero-order chi connectivity index (χ0) is 14.1. The largest absolute Gasteiger partial charge is 0.374 e. The van der Waals surface area contributed by atoms with Crippen LogP contribution in [0, 0.1) is 0 Å². The fraction of sp³-hybridized carbons (Fsp3) is 0.882. The quantitative estimate of drug-likeness (QED) is 0.518. The van der Waals surface area contributed by atoms with Gasteiger partial charge in [0, 0.05) is 12.6 Å². The first kappa shape index (κ1) is 16.7. The lowest BCUT2D eigenvalue weighted by Gasteiger charge is -2.41. The van der Waals surface area contributed by atoms with E-state index in [9.17, 15) is 0 Å². The molecule has 1 saturated carbocycles. The van der Waals surface area contributed by atoms with Gasteiger partial charge in [-0.25, -0.2) is 0 Å². The summed E-state index contributed by atoms with van der Waals surface area (Å²) in [6, 6.07) is 0.433. The number of ether oxygens (including phenoxy) is 1. The zero-order valence-electron chi connectivity index (χ0n) is 13.3. The van der Waals surface area contributed by atoms with Gasteiger partial charge in [-0.1, -0.05) is 51.7 Å². The second-order valence-corrected chi connectivity index (χ2v) is 5.83. The van der Waals surface area contributed by atoms with Crippen molar-refractivity contribution in [2.75, 3.05) is 13.2 Å². The summed E-state index contributed by atoms with van der Waals surface area (Å²) >= 11 is 0. The maximum atomic E-state index is 6.31. The first-order valence-electron chi connectivity index (χ1n) is 8.22. The van der Waals surface area contributed by atoms with Crippen LogP contribution in [0.25, 0.3) is 0 Å². The summed E-state index contributed by atoms with van der Waals surface area (Å²) in [4.78, 5) is 0. The zero-order valence-corrected chi connectivity index (χ0v) is 13.3. The summed E-state index contributed by atoms with van der Waals surface area (Å²) in [5.41, 5.74) is 1.38. The molecule has 0 saturated heterocycles. The number of hydrogen-bond donors (Lipinski definition) is 1. The Morgan fingerprint density at radius 1 is 1.16 bits per heavy atom. The van der Waals surface area contributed by atoms with Gasteiger partial charge in [0.2, 0.25) is 0 Å². The summed E-state index contributed by atoms with van der Waals surface area (Å²) in [5, 5.41) is 3.69. The summed E-state index contributed by atoms with van der Waals surface area (Å²) < 4.78 is 6.31. The number of nitrogens with one attached hydrogen (secondary N) is 1. The highest BCUT2D eigenvalue weighted by Gasteiger charge is 2.39. The molecule has 1 aliphatic rings. The van der Waals surface area contributed by atoms with Gasteiger partial charge in [0.25, 0.3) is 0 Å². The molecular weight excluding hydrogens is 234 g/mol. The van der Waals surface area contributed by atoms with Crippen molar-refractivity contribution in [1.82, 2.24) is 5.32 Å². The lowest BCUT2D eigenvalue weighted by atomic mass is 9.82. The van der Waals surface area contributed by atoms with Crippen LogP contribution in [0.2, 0.25) is 0 Å². The van der Waals surface area contributed by atoms with Crippen LogP contribution in [-0.4, -0.2) is 24.8 Å². The van der Waals surface area contributed by atoms with Gasteiger partial charge in [-0.05, 0) is 39.2 Å². The molecule has 1 N–H and O–H groups in total. The molecule has 0 aliphatic heterocycles. The Morgan fingerprint density at radius 3 is 2.26 bits per heavy atom. The molecule has 112 valence electrons. The first-order valence-corrected chi connectivity index (χ1v) is 8.22. The van der Waals surface area contributed by atoms with E-state index in [-0.39, 0.29) is 5.60 Å². The van der Waals surface area contributed by atoms with E-state index in [1.165, 1.54) is 44.1 Å². The number of hydrogen-bond acceptors (Lipinski definition) is 2. The molecule has 2 heteroatoms. The minimum absolute atomic E-state index is 0.0410. The van der Waals surface area contributed by atoms with Crippen LogP contribution in [0.5, 0.6) is 0 Å². The van der Waals surface area contributed by atoms with E-state index in [1.54, 1.807) is 0 Å². The molecule has 19 heavy (non-hydrogen) atoms. The third-order valence-electron chi connectivity index (χ3n) is 4.46. The van der Waals surface area contributed by atoms with Crippen molar-refractivity contribution in [2.45, 2.75) is 83.8 Å². The predicted octanol–water partition coefficient (Wildman–Crippen LogP) is 4.45. The van der Waals surface area contributed by atoms with Crippen LogP contribution in [0.3, 0.4) is 0 Å². The third-order valence-corrected chi connectivity index (χ3v) is 4.46. The Labute approximate surface area is 120 Å². The second kappa shape index (κ2) is 8.76. The molecule has 1 aliphatic carbocycles. The molecule has 1 unspecified atom stereocenters. The van der Waals surface area contributed by atoms with Crippen molar-refractivity contribution in [3.05, 3.63) is 12.2 Å². The van der Waals surface area contributed by atoms with Crippen molar-refractivity contribution < 1.29 is 4.74 Å². The first-order chi connectivity index (χ1) is 9.18. The highest BCUT2D eigenvalue weighted by molar-refractivity contribution is 5.04. The highest BCUT2D eigenvalue weighted by Crippen LogP contribution is 2.36. The van der Waals surface area contributed by atoms with Crippen molar-refractivity contribution in [2.24, 2.45) is 0 Å². The molecule has 1 fully saturated rings. The average Bonchev–Trinajstić information content (AvgIpc) is 2.65. The van der Waals surface area contributed by atoms with E-state index in [2.05, 4.69) is 32.7 Å². The normalized spacial score (nSPS) is 20.8. The van der Waals surface area contributed by atoms with Crippen LogP contribution in [0.15, 0.2) is 12.2 Å². The molecule has 0 aromatic carbocycles. The van der Waals surface area contributed by atoms with Gasteiger partial charge in [-0.2, -0.15) is 0 Å². The molecule has 0 amide bonds. The third kappa shape index (κ3) is 4.92. The average molecular weight is 267 g/mol. The Bertz CT molecular complexity index is 254. The summed E-state index contributed by atoms with van der Waals surface area (Å²) in [5.74, 6) is 0. The fourth-order valence-corrected chi connectivity index (χ4v) is 3.33. The fourth-order valence-electron chi connectivity index (χ4n) is 3.33. The monoisotopic (exact) mass is 267 g/mol. The van der Waals surface area contributed by atoms with Gasteiger partial charge in [-0.3, -0.25) is 0 Å². The van der Waals surface area contributed by atoms with Crippen LogP contribution < -0.4 is 5.32 Å². The van der Waals surface area contributed by atoms with Gasteiger partial charge in [-0.15, -0.1) is 0 Å². The highest BCUT2D eigenvalue weighted by atomic mass is 16.5. The topological polar surface area (TPSA) is 21.3 Å². The standard InChI is InChI=1S/C17H33NO/c1-5-15(4)14-16(18-6-2)17(19-7-3)12-10-8-9-11-13-17/h16,18H,4-14H2,1-3H3. The summed E-state index contributed by atoms with van der Waals surface area (Å²) in [6.07, 6.45) is 9.88. The van der Waals surface area contributed by atoms with E-state index in [0.29, 0.717) is 6.04 Å². The van der Waals surface area contributed by atoms with Gasteiger partial charge < -0.3 is 10.1 Å². The molecule has 0 aromatic rings. The van der Waals surface area contributed by atoms with Gasteiger partial charge >= 0.3 is 0 Å². The van der Waals surface area contributed by atoms with Crippen LogP contribution in [0.4, 0.5) is 0 Å². The van der Waals surface area contributed by atoms with Crippen LogP contribution >= 0.6 is 0 Å². The minimum Gasteiger partial charge on any atom is -0.374 e. The molecule has 0 spiro atoms.